The monoisotopic (exact) mass is 452 g/mol. The minimum absolute atomic E-state index is 0.0682. The molecule has 9 atom stereocenters. The number of allylic oxidation sites excluding steroid dienone is 2. The van der Waals surface area contributed by atoms with E-state index in [0.29, 0.717) is 30.1 Å². The van der Waals surface area contributed by atoms with Crippen molar-refractivity contribution in [3.05, 3.63) is 12.2 Å². The maximum absolute atomic E-state index is 12.7. The van der Waals surface area contributed by atoms with E-state index in [1.54, 1.807) is 0 Å². The second-order valence-electron chi connectivity index (χ2n) is 10.7. The predicted molar refractivity (Wildman–Crippen MR) is 124 cm³/mol. The van der Waals surface area contributed by atoms with Crippen molar-refractivity contribution in [2.45, 2.75) is 97.9 Å². The average Bonchev–Trinajstić information content (AvgIpc) is 2.69. The van der Waals surface area contributed by atoms with E-state index >= 15 is 0 Å². The normalized spacial score (nSPS) is 32.8. The van der Waals surface area contributed by atoms with Crippen molar-refractivity contribution in [3.8, 4) is 0 Å². The minimum Gasteiger partial charge on any atom is -0.481 e. The van der Waals surface area contributed by atoms with E-state index < -0.39 is 18.2 Å². The molecule has 0 bridgehead atoms. The van der Waals surface area contributed by atoms with E-state index in [1.807, 2.05) is 13.8 Å². The highest BCUT2D eigenvalue weighted by Crippen LogP contribution is 2.49. The van der Waals surface area contributed by atoms with E-state index in [-0.39, 0.29) is 42.7 Å². The maximum Gasteiger partial charge on any atom is 0.308 e. The Morgan fingerprint density at radius 3 is 2.38 bits per heavy atom. The first-order chi connectivity index (χ1) is 15.0. The van der Waals surface area contributed by atoms with Gasteiger partial charge in [0.25, 0.3) is 0 Å². The van der Waals surface area contributed by atoms with Gasteiger partial charge in [-0.2, -0.15) is 0 Å². The number of ether oxygens (including phenoxy) is 1. The van der Waals surface area contributed by atoms with Crippen LogP contribution in [-0.2, 0) is 14.3 Å². The number of rotatable bonds is 11. The van der Waals surface area contributed by atoms with Gasteiger partial charge in [0.05, 0.1) is 24.5 Å². The number of carboxylic acid groups (broad SMARTS) is 1. The lowest BCUT2D eigenvalue weighted by atomic mass is 9.58. The number of esters is 1. The second-order valence-corrected chi connectivity index (χ2v) is 10.7. The Morgan fingerprint density at radius 2 is 1.78 bits per heavy atom. The first-order valence-corrected chi connectivity index (χ1v) is 12.5. The van der Waals surface area contributed by atoms with Crippen LogP contribution in [0.4, 0.5) is 0 Å². The molecule has 0 spiro atoms. The van der Waals surface area contributed by atoms with E-state index in [2.05, 4.69) is 32.9 Å². The summed E-state index contributed by atoms with van der Waals surface area (Å²) in [6, 6.07) is 0. The van der Waals surface area contributed by atoms with Gasteiger partial charge in [-0.05, 0) is 68.1 Å². The molecule has 2 rings (SSSR count). The molecule has 0 aromatic heterocycles. The fourth-order valence-corrected chi connectivity index (χ4v) is 5.78. The van der Waals surface area contributed by atoms with Gasteiger partial charge in [-0.25, -0.2) is 0 Å². The Kier molecular flexibility index (Phi) is 10.2. The Bertz CT molecular complexity index is 644. The van der Waals surface area contributed by atoms with Gasteiger partial charge < -0.3 is 20.1 Å². The van der Waals surface area contributed by atoms with Crippen molar-refractivity contribution < 1.29 is 29.6 Å². The molecule has 32 heavy (non-hydrogen) atoms. The van der Waals surface area contributed by atoms with Gasteiger partial charge in [-0.15, -0.1) is 0 Å². The molecule has 0 saturated heterocycles. The van der Waals surface area contributed by atoms with Crippen LogP contribution in [0.2, 0.25) is 0 Å². The van der Waals surface area contributed by atoms with E-state index in [9.17, 15) is 19.8 Å². The maximum atomic E-state index is 12.7. The minimum atomic E-state index is -1.06. The smallest absolute Gasteiger partial charge is 0.308 e. The molecule has 0 radical (unpaired) electrons. The van der Waals surface area contributed by atoms with Crippen molar-refractivity contribution in [3.63, 3.8) is 0 Å². The Labute approximate surface area is 193 Å². The zero-order valence-corrected chi connectivity index (χ0v) is 20.4. The second kappa shape index (κ2) is 12.2. The summed E-state index contributed by atoms with van der Waals surface area (Å²) in [5.41, 5.74) is 0. The van der Waals surface area contributed by atoms with Crippen molar-refractivity contribution in [1.82, 2.24) is 0 Å². The van der Waals surface area contributed by atoms with Gasteiger partial charge in [0.15, 0.2) is 0 Å². The third kappa shape index (κ3) is 7.31. The van der Waals surface area contributed by atoms with Crippen LogP contribution < -0.4 is 0 Å². The lowest BCUT2D eigenvalue weighted by molar-refractivity contribution is -0.164. The number of aliphatic carboxylic acids is 1. The number of carboxylic acids is 1. The molecule has 2 aliphatic rings. The molecule has 1 fully saturated rings. The fourth-order valence-electron chi connectivity index (χ4n) is 5.78. The highest BCUT2D eigenvalue weighted by molar-refractivity contribution is 5.72. The molecular weight excluding hydrogens is 408 g/mol. The molecule has 0 aliphatic heterocycles. The predicted octanol–water partition coefficient (Wildman–Crippen LogP) is 4.43. The number of hydrogen-bond acceptors (Lipinski definition) is 5. The number of aliphatic hydroxyl groups excluding tert-OH is 2. The average molecular weight is 453 g/mol. The van der Waals surface area contributed by atoms with E-state index in [1.165, 1.54) is 0 Å². The molecule has 6 nitrogen and oxygen atoms in total. The number of carbonyl (C=O) groups is 2. The van der Waals surface area contributed by atoms with Crippen LogP contribution in [0.1, 0.15) is 79.6 Å². The van der Waals surface area contributed by atoms with Gasteiger partial charge in [-0.3, -0.25) is 9.59 Å². The highest BCUT2D eigenvalue weighted by Gasteiger charge is 2.46. The summed E-state index contributed by atoms with van der Waals surface area (Å²) in [6.07, 6.45) is 6.46. The lowest BCUT2D eigenvalue weighted by Gasteiger charge is -2.49. The molecular formula is C26H44O6. The SMILES string of the molecule is CC[C@H](C)C(=O)O[C@H]1C[C@@H](C)C[C@@H]2C=C[C@H](C(C)C)[C@H](CC[C@@H](O)C[C@@H](O)CC(=O)O)[C@@H]12. The van der Waals surface area contributed by atoms with Crippen LogP contribution in [0.5, 0.6) is 0 Å². The van der Waals surface area contributed by atoms with Gasteiger partial charge in [0, 0.05) is 5.92 Å². The summed E-state index contributed by atoms with van der Waals surface area (Å²) in [4.78, 5) is 23.5. The zero-order chi connectivity index (χ0) is 24.0. The third-order valence-electron chi connectivity index (χ3n) is 7.64. The van der Waals surface area contributed by atoms with Crippen LogP contribution >= 0.6 is 0 Å². The van der Waals surface area contributed by atoms with Gasteiger partial charge in [-0.1, -0.05) is 46.8 Å². The summed E-state index contributed by atoms with van der Waals surface area (Å²) in [7, 11) is 0. The summed E-state index contributed by atoms with van der Waals surface area (Å²) < 4.78 is 6.12. The van der Waals surface area contributed by atoms with E-state index in [4.69, 9.17) is 9.84 Å². The van der Waals surface area contributed by atoms with Crippen LogP contribution in [0.3, 0.4) is 0 Å². The molecule has 0 aromatic rings. The number of hydrogen-bond donors (Lipinski definition) is 3. The zero-order valence-electron chi connectivity index (χ0n) is 20.4. The van der Waals surface area contributed by atoms with E-state index in [0.717, 1.165) is 25.7 Å². The molecule has 1 saturated carbocycles. The lowest BCUT2D eigenvalue weighted by Crippen LogP contribution is -2.47. The van der Waals surface area contributed by atoms with Crippen molar-refractivity contribution in [2.24, 2.45) is 41.4 Å². The number of aliphatic hydroxyl groups is 2. The Hall–Kier alpha value is -1.40. The summed E-state index contributed by atoms with van der Waals surface area (Å²) in [6.45, 7) is 10.6. The molecule has 0 aromatic carbocycles. The largest absolute Gasteiger partial charge is 0.481 e. The van der Waals surface area contributed by atoms with Crippen LogP contribution in [-0.4, -0.2) is 45.6 Å². The molecule has 0 unspecified atom stereocenters. The fraction of sp³-hybridized carbons (Fsp3) is 0.846. The first kappa shape index (κ1) is 26.8. The quantitative estimate of drug-likeness (QED) is 0.316. The van der Waals surface area contributed by atoms with Crippen LogP contribution in [0, 0.1) is 41.4 Å². The number of fused-ring (bicyclic) bond motifs is 1. The van der Waals surface area contributed by atoms with Crippen molar-refractivity contribution in [1.29, 1.82) is 0 Å². The van der Waals surface area contributed by atoms with Crippen molar-refractivity contribution in [2.75, 3.05) is 0 Å². The summed E-state index contributed by atoms with van der Waals surface area (Å²) in [5.74, 6) is 0.839. The molecule has 0 amide bonds. The molecule has 2 aliphatic carbocycles. The Balaban J connectivity index is 2.17. The summed E-state index contributed by atoms with van der Waals surface area (Å²) in [5, 5.41) is 29.2. The number of carbonyl (C=O) groups excluding carboxylic acids is 1. The molecule has 184 valence electrons. The standard InChI is InChI=1S/C26H44O6/c1-6-17(5)26(31)32-23-12-16(4)11-18-7-9-21(15(2)3)22(25(18)23)10-8-19(27)13-20(28)14-24(29)30/h7,9,15-23,25,27-28H,6,8,10-14H2,1-5H3,(H,29,30)/t16-,17-,18-,19+,20+,21+,22-,23-,25-/m0/s1. The molecule has 0 heterocycles. The van der Waals surface area contributed by atoms with Crippen molar-refractivity contribution >= 4 is 11.9 Å². The van der Waals surface area contributed by atoms with Gasteiger partial charge in [0.1, 0.15) is 6.10 Å². The van der Waals surface area contributed by atoms with Gasteiger partial charge in [0.2, 0.25) is 0 Å². The summed E-state index contributed by atoms with van der Waals surface area (Å²) >= 11 is 0. The Morgan fingerprint density at radius 1 is 1.09 bits per heavy atom. The van der Waals surface area contributed by atoms with Gasteiger partial charge >= 0.3 is 11.9 Å². The third-order valence-corrected chi connectivity index (χ3v) is 7.64. The highest BCUT2D eigenvalue weighted by atomic mass is 16.5. The van der Waals surface area contributed by atoms with Crippen LogP contribution in [0.15, 0.2) is 12.2 Å². The molecule has 6 heteroatoms. The van der Waals surface area contributed by atoms with Crippen LogP contribution in [0.25, 0.3) is 0 Å². The molecule has 3 N–H and O–H groups in total. The topological polar surface area (TPSA) is 104 Å². The first-order valence-electron chi connectivity index (χ1n) is 12.5.